The first-order chi connectivity index (χ1) is 13.8. The van der Waals surface area contributed by atoms with Crippen molar-refractivity contribution in [3.63, 3.8) is 0 Å². The highest BCUT2D eigenvalue weighted by atomic mass is 16.2. The number of carbonyl (C=O) groups is 2. The number of aromatic nitrogens is 2. The Morgan fingerprint density at radius 2 is 1.79 bits per heavy atom. The van der Waals surface area contributed by atoms with Crippen molar-refractivity contribution in [2.45, 2.75) is 52.5 Å². The van der Waals surface area contributed by atoms with Crippen LogP contribution in [0, 0.1) is 13.8 Å². The number of benzene rings is 1. The lowest BCUT2D eigenvalue weighted by molar-refractivity contribution is -0.138. The molecule has 0 N–H and O–H groups in total. The van der Waals surface area contributed by atoms with Crippen molar-refractivity contribution in [3.05, 3.63) is 53.3 Å². The zero-order valence-corrected chi connectivity index (χ0v) is 17.4. The van der Waals surface area contributed by atoms with E-state index in [2.05, 4.69) is 5.10 Å². The molecule has 0 aliphatic carbocycles. The van der Waals surface area contributed by atoms with E-state index in [4.69, 9.17) is 4.99 Å². The van der Waals surface area contributed by atoms with Crippen molar-refractivity contribution >= 4 is 17.9 Å². The molecule has 4 rings (SSSR count). The third-order valence-electron chi connectivity index (χ3n) is 5.45. The van der Waals surface area contributed by atoms with E-state index < -0.39 is 12.2 Å². The Morgan fingerprint density at radius 3 is 2.38 bits per heavy atom. The molecule has 8 nitrogen and oxygen atoms in total. The van der Waals surface area contributed by atoms with E-state index in [0.717, 1.165) is 17.0 Å². The second-order valence-electron chi connectivity index (χ2n) is 7.93. The third kappa shape index (κ3) is 3.08. The van der Waals surface area contributed by atoms with Gasteiger partial charge in [0.2, 0.25) is 5.96 Å². The van der Waals surface area contributed by atoms with Gasteiger partial charge in [0, 0.05) is 18.8 Å². The van der Waals surface area contributed by atoms with Crippen molar-refractivity contribution < 1.29 is 9.59 Å². The summed E-state index contributed by atoms with van der Waals surface area (Å²) in [7, 11) is 1.70. The first kappa shape index (κ1) is 19.2. The Bertz CT molecular complexity index is 980. The van der Waals surface area contributed by atoms with Crippen LogP contribution in [0.3, 0.4) is 0 Å². The molecular formula is C21H26N6O2. The molecule has 2 aromatic rings. The van der Waals surface area contributed by atoms with Crippen LogP contribution in [-0.2, 0) is 11.3 Å². The van der Waals surface area contributed by atoms with Gasteiger partial charge in [0.05, 0.1) is 12.2 Å². The average molecular weight is 394 g/mol. The van der Waals surface area contributed by atoms with Gasteiger partial charge in [-0.1, -0.05) is 30.3 Å². The van der Waals surface area contributed by atoms with Gasteiger partial charge < -0.3 is 9.80 Å². The molecule has 2 atom stereocenters. The molecule has 1 aromatic carbocycles. The van der Waals surface area contributed by atoms with Crippen LogP contribution in [0.15, 0.2) is 41.4 Å². The van der Waals surface area contributed by atoms with Crippen LogP contribution in [0.5, 0.6) is 0 Å². The lowest BCUT2D eigenvalue weighted by Crippen LogP contribution is -2.65. The van der Waals surface area contributed by atoms with Crippen LogP contribution in [0.1, 0.15) is 30.8 Å². The fourth-order valence-electron chi connectivity index (χ4n) is 4.09. The van der Waals surface area contributed by atoms with Gasteiger partial charge in [0.15, 0.2) is 12.2 Å². The van der Waals surface area contributed by atoms with Crippen molar-refractivity contribution in [1.29, 1.82) is 0 Å². The number of urea groups is 1. The second kappa shape index (κ2) is 7.02. The number of hydrogen-bond donors (Lipinski definition) is 0. The van der Waals surface area contributed by atoms with Crippen LogP contribution in [0.4, 0.5) is 4.79 Å². The normalized spacial score (nSPS) is 21.9. The second-order valence-corrected chi connectivity index (χ2v) is 7.93. The van der Waals surface area contributed by atoms with Crippen molar-refractivity contribution in [3.8, 4) is 0 Å². The molecule has 1 aromatic heterocycles. The van der Waals surface area contributed by atoms with Gasteiger partial charge in [-0.2, -0.15) is 5.10 Å². The summed E-state index contributed by atoms with van der Waals surface area (Å²) >= 11 is 0. The summed E-state index contributed by atoms with van der Waals surface area (Å²) < 4.78 is 1.76. The summed E-state index contributed by atoms with van der Waals surface area (Å²) in [4.78, 5) is 36.1. The van der Waals surface area contributed by atoms with Gasteiger partial charge in [-0.3, -0.25) is 9.69 Å². The molecule has 0 saturated carbocycles. The molecule has 0 radical (unpaired) electrons. The zero-order valence-electron chi connectivity index (χ0n) is 17.4. The molecule has 2 unspecified atom stereocenters. The minimum atomic E-state index is -0.569. The van der Waals surface area contributed by atoms with Gasteiger partial charge >= 0.3 is 6.03 Å². The zero-order chi connectivity index (χ0) is 20.9. The molecule has 1 saturated heterocycles. The number of likely N-dealkylation sites (N-methyl/N-ethyl adjacent to an activating group) is 1. The van der Waals surface area contributed by atoms with Crippen molar-refractivity contribution in [2.24, 2.45) is 4.99 Å². The number of aryl methyl sites for hydroxylation is 2. The first-order valence-electron chi connectivity index (χ1n) is 9.81. The number of aliphatic imine (C=N–C) groups is 1. The Kier molecular flexibility index (Phi) is 4.64. The Morgan fingerprint density at radius 1 is 1.10 bits per heavy atom. The van der Waals surface area contributed by atoms with E-state index in [0.29, 0.717) is 5.96 Å². The summed E-state index contributed by atoms with van der Waals surface area (Å²) in [6, 6.07) is 10.6. The summed E-state index contributed by atoms with van der Waals surface area (Å²) in [6.45, 7) is 8.17. The number of hydrogen-bond acceptors (Lipinski definition) is 5. The summed E-state index contributed by atoms with van der Waals surface area (Å²) in [5.41, 5.74) is 2.73. The maximum atomic E-state index is 13.5. The third-order valence-corrected chi connectivity index (χ3v) is 5.45. The SMILES string of the molecule is Cc1cc(C)n(C2=NC3C(C(=O)N(Cc4ccccc4)C(=O)N3C)N2C(C)C)n1. The van der Waals surface area contributed by atoms with Crippen LogP contribution in [0.25, 0.3) is 0 Å². The first-order valence-corrected chi connectivity index (χ1v) is 9.81. The lowest BCUT2D eigenvalue weighted by Gasteiger charge is -2.42. The molecule has 2 aliphatic rings. The maximum Gasteiger partial charge on any atom is 0.328 e. The predicted octanol–water partition coefficient (Wildman–Crippen LogP) is 2.22. The van der Waals surface area contributed by atoms with Crippen LogP contribution in [0.2, 0.25) is 0 Å². The number of nitrogens with zero attached hydrogens (tertiary/aromatic N) is 6. The Labute approximate surface area is 170 Å². The largest absolute Gasteiger partial charge is 0.328 e. The number of imide groups is 1. The molecule has 2 aliphatic heterocycles. The highest BCUT2D eigenvalue weighted by Crippen LogP contribution is 2.31. The number of fused-ring (bicyclic) bond motifs is 1. The van der Waals surface area contributed by atoms with Crippen molar-refractivity contribution in [2.75, 3.05) is 7.05 Å². The summed E-state index contributed by atoms with van der Waals surface area (Å²) in [5.74, 6) is 0.381. The molecule has 1 fully saturated rings. The van der Waals surface area contributed by atoms with Gasteiger partial charge in [-0.15, -0.1) is 0 Å². The predicted molar refractivity (Wildman–Crippen MR) is 109 cm³/mol. The van der Waals surface area contributed by atoms with Crippen LogP contribution >= 0.6 is 0 Å². The van der Waals surface area contributed by atoms with Crippen LogP contribution < -0.4 is 0 Å². The molecule has 0 spiro atoms. The topological polar surface area (TPSA) is 74.0 Å². The van der Waals surface area contributed by atoms with E-state index in [-0.39, 0.29) is 24.5 Å². The minimum absolute atomic E-state index is 0.0109. The molecule has 3 amide bonds. The van der Waals surface area contributed by atoms with Gasteiger partial charge in [-0.25, -0.2) is 14.5 Å². The summed E-state index contributed by atoms with van der Waals surface area (Å²) in [5, 5.41) is 4.55. The Balaban J connectivity index is 1.73. The smallest absolute Gasteiger partial charge is 0.323 e. The van der Waals surface area contributed by atoms with Gasteiger partial charge in [-0.05, 0) is 39.3 Å². The fourth-order valence-corrected chi connectivity index (χ4v) is 4.09. The standard InChI is InChI=1S/C21H26N6O2/c1-13(2)26-17-18(22-20(26)27-15(4)11-14(3)23-27)24(5)21(29)25(19(17)28)12-16-9-7-6-8-10-16/h6-11,13,17-18H,12H2,1-5H3. The molecule has 3 heterocycles. The monoisotopic (exact) mass is 394 g/mol. The van der Waals surface area contributed by atoms with E-state index in [1.807, 2.05) is 69.0 Å². The van der Waals surface area contributed by atoms with Gasteiger partial charge in [0.25, 0.3) is 5.91 Å². The maximum absolute atomic E-state index is 13.5. The van der Waals surface area contributed by atoms with Crippen LogP contribution in [-0.4, -0.2) is 67.7 Å². The average Bonchev–Trinajstić information content (AvgIpc) is 3.24. The number of rotatable bonds is 3. The quantitative estimate of drug-likeness (QED) is 0.800. The minimum Gasteiger partial charge on any atom is -0.323 e. The Hall–Kier alpha value is -3.16. The number of amides is 3. The summed E-state index contributed by atoms with van der Waals surface area (Å²) in [6.07, 6.45) is -0.566. The molecule has 152 valence electrons. The fraction of sp³-hybridized carbons (Fsp3) is 0.429. The van der Waals surface area contributed by atoms with E-state index in [1.165, 1.54) is 4.90 Å². The highest BCUT2D eigenvalue weighted by molar-refractivity contribution is 6.04. The lowest BCUT2D eigenvalue weighted by atomic mass is 10.1. The molecular weight excluding hydrogens is 368 g/mol. The number of carbonyl (C=O) groups excluding carboxylic acids is 2. The van der Waals surface area contributed by atoms with Crippen molar-refractivity contribution in [1.82, 2.24) is 24.5 Å². The van der Waals surface area contributed by atoms with Gasteiger partial charge in [0.1, 0.15) is 0 Å². The molecule has 0 bridgehead atoms. The van der Waals surface area contributed by atoms with E-state index in [9.17, 15) is 9.59 Å². The molecule has 29 heavy (non-hydrogen) atoms. The molecule has 8 heteroatoms. The van der Waals surface area contributed by atoms with E-state index >= 15 is 0 Å². The highest BCUT2D eigenvalue weighted by Gasteiger charge is 2.53. The van der Waals surface area contributed by atoms with E-state index in [1.54, 1.807) is 16.6 Å².